The average Bonchev–Trinajstić information content (AvgIpc) is 3.23. The molecule has 0 N–H and O–H groups in total. The number of Topliss-reactive ketones (excluding diaryl/α,β-unsaturated/α-hetero) is 1. The van der Waals surface area contributed by atoms with E-state index in [9.17, 15) is 18.0 Å². The van der Waals surface area contributed by atoms with Crippen LogP contribution in [0.25, 0.3) is 0 Å². The third-order valence-electron chi connectivity index (χ3n) is 5.22. The number of hydrogen-bond donors (Lipinski definition) is 0. The number of nitrogens with zero attached hydrogens (tertiary/aromatic N) is 1. The molecule has 1 fully saturated rings. The SMILES string of the molecule is CCOc1ccccc1OCC(=O)OCC(=O)c1cc(C)n(C2CCS(=O)(=O)C2)c1C. The summed E-state index contributed by atoms with van der Waals surface area (Å²) in [4.78, 5) is 24.7. The van der Waals surface area contributed by atoms with Crippen molar-refractivity contribution in [1.82, 2.24) is 4.57 Å². The number of aromatic nitrogens is 1. The highest BCUT2D eigenvalue weighted by Crippen LogP contribution is 2.29. The zero-order chi connectivity index (χ0) is 22.6. The number of sulfone groups is 1. The monoisotopic (exact) mass is 449 g/mol. The summed E-state index contributed by atoms with van der Waals surface area (Å²) in [5, 5.41) is 0. The molecular formula is C22H27NO7S. The molecule has 9 heteroatoms. The van der Waals surface area contributed by atoms with Gasteiger partial charge >= 0.3 is 5.97 Å². The Morgan fingerprint density at radius 2 is 1.77 bits per heavy atom. The molecule has 1 aliphatic rings. The van der Waals surface area contributed by atoms with Crippen molar-refractivity contribution in [3.8, 4) is 11.5 Å². The number of esters is 1. The first-order chi connectivity index (χ1) is 14.7. The van der Waals surface area contributed by atoms with Gasteiger partial charge in [-0.1, -0.05) is 12.1 Å². The fourth-order valence-electron chi connectivity index (χ4n) is 3.85. The predicted octanol–water partition coefficient (Wildman–Crippen LogP) is 2.67. The van der Waals surface area contributed by atoms with E-state index < -0.39 is 22.4 Å². The van der Waals surface area contributed by atoms with Crippen LogP contribution in [0.4, 0.5) is 0 Å². The van der Waals surface area contributed by atoms with Gasteiger partial charge < -0.3 is 18.8 Å². The Morgan fingerprint density at radius 3 is 2.39 bits per heavy atom. The highest BCUT2D eigenvalue weighted by atomic mass is 32.2. The zero-order valence-corrected chi connectivity index (χ0v) is 18.7. The molecule has 2 aromatic rings. The molecule has 1 atom stereocenters. The van der Waals surface area contributed by atoms with Crippen molar-refractivity contribution in [1.29, 1.82) is 0 Å². The number of carbonyl (C=O) groups excluding carboxylic acids is 2. The van der Waals surface area contributed by atoms with Crippen LogP contribution in [0.5, 0.6) is 11.5 Å². The van der Waals surface area contributed by atoms with Crippen LogP contribution in [0.1, 0.15) is 41.1 Å². The van der Waals surface area contributed by atoms with E-state index in [-0.39, 0.29) is 29.9 Å². The molecule has 31 heavy (non-hydrogen) atoms. The summed E-state index contributed by atoms with van der Waals surface area (Å²) in [5.74, 6) is 0.158. The van der Waals surface area contributed by atoms with Gasteiger partial charge in [0.05, 0.1) is 18.1 Å². The first-order valence-electron chi connectivity index (χ1n) is 10.1. The molecule has 0 amide bonds. The van der Waals surface area contributed by atoms with Crippen molar-refractivity contribution in [2.24, 2.45) is 0 Å². The highest BCUT2D eigenvalue weighted by molar-refractivity contribution is 7.91. The number of rotatable bonds is 9. The molecule has 0 spiro atoms. The second-order valence-electron chi connectivity index (χ2n) is 7.46. The van der Waals surface area contributed by atoms with Gasteiger partial charge in [0.25, 0.3) is 0 Å². The minimum absolute atomic E-state index is 0.0759. The maximum Gasteiger partial charge on any atom is 0.344 e. The summed E-state index contributed by atoms with van der Waals surface area (Å²) in [6.07, 6.45) is 0.530. The molecule has 0 saturated carbocycles. The van der Waals surface area contributed by atoms with E-state index in [4.69, 9.17) is 14.2 Å². The van der Waals surface area contributed by atoms with Gasteiger partial charge in [-0.3, -0.25) is 4.79 Å². The molecule has 1 aromatic heterocycles. The van der Waals surface area contributed by atoms with Crippen molar-refractivity contribution >= 4 is 21.6 Å². The summed E-state index contributed by atoms with van der Waals surface area (Å²) < 4.78 is 41.5. The predicted molar refractivity (Wildman–Crippen MR) is 115 cm³/mol. The first-order valence-corrected chi connectivity index (χ1v) is 12.0. The molecule has 1 aromatic carbocycles. The topological polar surface area (TPSA) is 101 Å². The Labute approximate surface area is 182 Å². The van der Waals surface area contributed by atoms with E-state index in [1.165, 1.54) is 0 Å². The second kappa shape index (κ2) is 9.55. The maximum absolute atomic E-state index is 12.6. The molecule has 1 saturated heterocycles. The summed E-state index contributed by atoms with van der Waals surface area (Å²) in [6.45, 7) is 5.16. The average molecular weight is 450 g/mol. The van der Waals surface area contributed by atoms with Crippen LogP contribution in [-0.4, -0.2) is 56.1 Å². The van der Waals surface area contributed by atoms with E-state index in [1.54, 1.807) is 37.3 Å². The number of aryl methyl sites for hydroxylation is 1. The lowest BCUT2D eigenvalue weighted by molar-refractivity contribution is -0.144. The summed E-state index contributed by atoms with van der Waals surface area (Å²) >= 11 is 0. The van der Waals surface area contributed by atoms with Crippen LogP contribution >= 0.6 is 0 Å². The van der Waals surface area contributed by atoms with E-state index in [0.29, 0.717) is 35.8 Å². The number of hydrogen-bond acceptors (Lipinski definition) is 7. The number of carbonyl (C=O) groups is 2. The van der Waals surface area contributed by atoms with Gasteiger partial charge in [0.1, 0.15) is 0 Å². The molecule has 1 aliphatic heterocycles. The number of para-hydroxylation sites is 2. The maximum atomic E-state index is 12.6. The Morgan fingerprint density at radius 1 is 1.10 bits per heavy atom. The number of ether oxygens (including phenoxy) is 3. The van der Waals surface area contributed by atoms with Crippen molar-refractivity contribution in [3.05, 3.63) is 47.3 Å². The fourth-order valence-corrected chi connectivity index (χ4v) is 5.55. The third kappa shape index (κ3) is 5.46. The molecule has 8 nitrogen and oxygen atoms in total. The Balaban J connectivity index is 1.58. The van der Waals surface area contributed by atoms with Crippen LogP contribution in [-0.2, 0) is 19.4 Å². The fraction of sp³-hybridized carbons (Fsp3) is 0.455. The molecule has 1 unspecified atom stereocenters. The number of ketones is 1. The highest BCUT2D eigenvalue weighted by Gasteiger charge is 2.31. The van der Waals surface area contributed by atoms with Gasteiger partial charge in [-0.25, -0.2) is 13.2 Å². The lowest BCUT2D eigenvalue weighted by atomic mass is 10.1. The van der Waals surface area contributed by atoms with E-state index in [2.05, 4.69) is 0 Å². The quantitative estimate of drug-likeness (QED) is 0.428. The van der Waals surface area contributed by atoms with Crippen molar-refractivity contribution in [2.45, 2.75) is 33.2 Å². The molecule has 0 radical (unpaired) electrons. The summed E-state index contributed by atoms with van der Waals surface area (Å²) in [7, 11) is -3.04. The Kier molecular flexibility index (Phi) is 7.04. The summed E-state index contributed by atoms with van der Waals surface area (Å²) in [5.41, 5.74) is 1.92. The van der Waals surface area contributed by atoms with Gasteiger partial charge in [0, 0.05) is 23.0 Å². The number of benzene rings is 1. The zero-order valence-electron chi connectivity index (χ0n) is 17.9. The van der Waals surface area contributed by atoms with Gasteiger partial charge in [-0.15, -0.1) is 0 Å². The van der Waals surface area contributed by atoms with Crippen LogP contribution in [0, 0.1) is 13.8 Å². The van der Waals surface area contributed by atoms with Crippen molar-refractivity contribution < 1.29 is 32.2 Å². The van der Waals surface area contributed by atoms with Gasteiger partial charge in [-0.05, 0) is 45.4 Å². The lowest BCUT2D eigenvalue weighted by Gasteiger charge is -2.16. The van der Waals surface area contributed by atoms with Gasteiger partial charge in [0.2, 0.25) is 5.78 Å². The Hall–Kier alpha value is -2.81. The summed E-state index contributed by atoms with van der Waals surface area (Å²) in [6, 6.07) is 8.52. The normalized spacial score (nSPS) is 17.3. The van der Waals surface area contributed by atoms with Crippen LogP contribution in [0.3, 0.4) is 0 Å². The standard InChI is InChI=1S/C22H27NO7S/c1-4-28-20-7-5-6-8-21(20)29-13-22(25)30-12-19(24)18-11-15(2)23(16(18)3)17-9-10-31(26,27)14-17/h5-8,11,17H,4,9-10,12-14H2,1-3H3. The smallest absolute Gasteiger partial charge is 0.344 e. The molecule has 168 valence electrons. The minimum Gasteiger partial charge on any atom is -0.490 e. The first kappa shape index (κ1) is 22.9. The Bertz CT molecular complexity index is 1070. The van der Waals surface area contributed by atoms with E-state index in [0.717, 1.165) is 5.69 Å². The molecule has 0 bridgehead atoms. The minimum atomic E-state index is -3.04. The van der Waals surface area contributed by atoms with Gasteiger partial charge in [0.15, 0.2) is 34.6 Å². The van der Waals surface area contributed by atoms with Crippen molar-refractivity contribution in [2.75, 3.05) is 31.3 Å². The van der Waals surface area contributed by atoms with Crippen LogP contribution in [0.2, 0.25) is 0 Å². The van der Waals surface area contributed by atoms with Crippen molar-refractivity contribution in [3.63, 3.8) is 0 Å². The van der Waals surface area contributed by atoms with E-state index >= 15 is 0 Å². The van der Waals surface area contributed by atoms with E-state index in [1.807, 2.05) is 18.4 Å². The lowest BCUT2D eigenvalue weighted by Crippen LogP contribution is -2.20. The molecular weight excluding hydrogens is 422 g/mol. The van der Waals surface area contributed by atoms with Gasteiger partial charge in [-0.2, -0.15) is 0 Å². The third-order valence-corrected chi connectivity index (χ3v) is 6.97. The second-order valence-corrected chi connectivity index (χ2v) is 9.69. The largest absolute Gasteiger partial charge is 0.490 e. The molecule has 0 aliphatic carbocycles. The van der Waals surface area contributed by atoms with Crippen LogP contribution in [0.15, 0.2) is 30.3 Å². The van der Waals surface area contributed by atoms with Crippen LogP contribution < -0.4 is 9.47 Å². The molecule has 2 heterocycles. The molecule has 3 rings (SSSR count).